The van der Waals surface area contributed by atoms with Gasteiger partial charge in [0.1, 0.15) is 6.10 Å². The molecule has 1 fully saturated rings. The first kappa shape index (κ1) is 18.5. The average molecular weight is 384 g/mol. The molecule has 1 aromatic carbocycles. The minimum Gasteiger partial charge on any atom is -0.490 e. The van der Waals surface area contributed by atoms with E-state index < -0.39 is 6.61 Å². The van der Waals surface area contributed by atoms with Crippen LogP contribution in [0.4, 0.5) is 8.78 Å². The highest BCUT2D eigenvalue weighted by Crippen LogP contribution is 2.32. The Balaban J connectivity index is 1.95. The average Bonchev–Trinajstić information content (AvgIpc) is 3.25. The summed E-state index contributed by atoms with van der Waals surface area (Å²) in [7, 11) is 0. The summed E-state index contributed by atoms with van der Waals surface area (Å²) in [6.45, 7) is -0.263. The number of benzene rings is 1. The Morgan fingerprint density at radius 3 is 3.08 bits per heavy atom. The van der Waals surface area contributed by atoms with Crippen molar-refractivity contribution in [3.8, 4) is 11.5 Å². The molecule has 0 radical (unpaired) electrons. The molecular weight excluding hydrogens is 366 g/mol. The van der Waals surface area contributed by atoms with Gasteiger partial charge in [-0.05, 0) is 44.1 Å². The van der Waals surface area contributed by atoms with Crippen LogP contribution in [0.15, 0.2) is 23.3 Å². The molecule has 2 heterocycles. The molecule has 1 atom stereocenters. The number of rotatable bonds is 7. The van der Waals surface area contributed by atoms with Gasteiger partial charge in [0.25, 0.3) is 0 Å². The standard InChI is InChI=1S/C16H18F2N4O3S/c1-2-23-11-6-3-5-10(13(11)25-15(17)18)9-19-22-14(20-21-16(22)26)12-7-4-8-24-12/h3,5-6,9,12,15H,2,4,7-8H2,1H3,(H,21,26)/b19-9-/t12-/m0/s1. The van der Waals surface area contributed by atoms with E-state index in [1.54, 1.807) is 25.1 Å². The fraction of sp³-hybridized carbons (Fsp3) is 0.438. The number of para-hydroxylation sites is 1. The van der Waals surface area contributed by atoms with Crippen LogP contribution in [0, 0.1) is 4.77 Å². The third-order valence-corrected chi connectivity index (χ3v) is 3.99. The molecule has 0 saturated carbocycles. The van der Waals surface area contributed by atoms with Crippen molar-refractivity contribution in [3.63, 3.8) is 0 Å². The molecule has 7 nitrogen and oxygen atoms in total. The van der Waals surface area contributed by atoms with Crippen LogP contribution in [-0.2, 0) is 4.74 Å². The zero-order chi connectivity index (χ0) is 18.5. The Labute approximate surface area is 153 Å². The van der Waals surface area contributed by atoms with Gasteiger partial charge in [-0.3, -0.25) is 5.10 Å². The van der Waals surface area contributed by atoms with Gasteiger partial charge in [0.2, 0.25) is 4.77 Å². The predicted octanol–water partition coefficient (Wildman–Crippen LogP) is 3.67. The maximum absolute atomic E-state index is 12.8. The fourth-order valence-corrected chi connectivity index (χ4v) is 2.83. The number of hydrogen-bond donors (Lipinski definition) is 1. The van der Waals surface area contributed by atoms with Crippen LogP contribution in [0.3, 0.4) is 0 Å². The number of alkyl halides is 2. The van der Waals surface area contributed by atoms with Crippen molar-refractivity contribution in [1.29, 1.82) is 0 Å². The van der Waals surface area contributed by atoms with E-state index in [9.17, 15) is 8.78 Å². The number of halogens is 2. The summed E-state index contributed by atoms with van der Waals surface area (Å²) < 4.78 is 42.9. The van der Waals surface area contributed by atoms with Crippen molar-refractivity contribution in [2.24, 2.45) is 5.10 Å². The summed E-state index contributed by atoms with van der Waals surface area (Å²) >= 11 is 5.19. The van der Waals surface area contributed by atoms with Crippen LogP contribution in [-0.4, -0.2) is 40.9 Å². The smallest absolute Gasteiger partial charge is 0.387 e. The van der Waals surface area contributed by atoms with Gasteiger partial charge in [-0.25, -0.2) is 0 Å². The second-order valence-corrected chi connectivity index (χ2v) is 5.82. The normalized spacial score (nSPS) is 17.3. The number of H-pyrrole nitrogens is 1. The highest BCUT2D eigenvalue weighted by molar-refractivity contribution is 7.71. The van der Waals surface area contributed by atoms with Gasteiger partial charge >= 0.3 is 6.61 Å². The van der Waals surface area contributed by atoms with E-state index in [1.807, 2.05) is 0 Å². The fourth-order valence-electron chi connectivity index (χ4n) is 2.64. The second-order valence-electron chi connectivity index (χ2n) is 5.43. The lowest BCUT2D eigenvalue weighted by molar-refractivity contribution is -0.0515. The lowest BCUT2D eigenvalue weighted by Gasteiger charge is -2.13. The third-order valence-electron chi connectivity index (χ3n) is 3.72. The van der Waals surface area contributed by atoms with E-state index in [1.165, 1.54) is 10.9 Å². The van der Waals surface area contributed by atoms with Gasteiger partial charge < -0.3 is 14.2 Å². The predicted molar refractivity (Wildman–Crippen MR) is 92.6 cm³/mol. The molecule has 0 spiro atoms. The minimum absolute atomic E-state index is 0.0817. The number of nitrogens with zero attached hydrogens (tertiary/aromatic N) is 3. The van der Waals surface area contributed by atoms with Gasteiger partial charge in [-0.1, -0.05) is 6.07 Å². The molecule has 1 saturated heterocycles. The van der Waals surface area contributed by atoms with Crippen LogP contribution in [0.2, 0.25) is 0 Å². The third kappa shape index (κ3) is 4.07. The number of aromatic amines is 1. The lowest BCUT2D eigenvalue weighted by Crippen LogP contribution is -2.08. The first-order valence-electron chi connectivity index (χ1n) is 8.14. The van der Waals surface area contributed by atoms with Crippen LogP contribution in [0.1, 0.15) is 37.3 Å². The molecule has 1 aromatic heterocycles. The van der Waals surface area contributed by atoms with Crippen molar-refractivity contribution in [1.82, 2.24) is 14.9 Å². The molecular formula is C16H18F2N4O3S. The van der Waals surface area contributed by atoms with E-state index in [2.05, 4.69) is 20.0 Å². The maximum Gasteiger partial charge on any atom is 0.387 e. The van der Waals surface area contributed by atoms with Crippen LogP contribution in [0.5, 0.6) is 11.5 Å². The molecule has 1 aliphatic rings. The zero-order valence-electron chi connectivity index (χ0n) is 14.0. The Hall–Kier alpha value is -2.33. The first-order chi connectivity index (χ1) is 12.6. The van der Waals surface area contributed by atoms with E-state index in [-0.39, 0.29) is 22.4 Å². The molecule has 140 valence electrons. The Kier molecular flexibility index (Phi) is 5.94. The summed E-state index contributed by atoms with van der Waals surface area (Å²) in [5.41, 5.74) is 0.331. The summed E-state index contributed by atoms with van der Waals surface area (Å²) in [5.74, 6) is 0.676. The number of aromatic nitrogens is 3. The highest BCUT2D eigenvalue weighted by atomic mass is 32.1. The Morgan fingerprint density at radius 2 is 2.38 bits per heavy atom. The Bertz CT molecular complexity index is 831. The topological polar surface area (TPSA) is 73.7 Å². The van der Waals surface area contributed by atoms with Crippen molar-refractivity contribution >= 4 is 18.4 Å². The second kappa shape index (κ2) is 8.37. The first-order valence-corrected chi connectivity index (χ1v) is 8.55. The molecule has 3 rings (SSSR count). The molecule has 2 aromatic rings. The summed E-state index contributed by atoms with van der Waals surface area (Å²) in [5, 5.41) is 11.1. The van der Waals surface area contributed by atoms with E-state index >= 15 is 0 Å². The van der Waals surface area contributed by atoms with E-state index in [0.717, 1.165) is 12.8 Å². The van der Waals surface area contributed by atoms with Crippen LogP contribution in [0.25, 0.3) is 0 Å². The van der Waals surface area contributed by atoms with E-state index in [4.69, 9.17) is 21.7 Å². The van der Waals surface area contributed by atoms with Gasteiger partial charge in [0.15, 0.2) is 17.3 Å². The van der Waals surface area contributed by atoms with Gasteiger partial charge in [0, 0.05) is 12.2 Å². The van der Waals surface area contributed by atoms with E-state index in [0.29, 0.717) is 24.6 Å². The summed E-state index contributed by atoms with van der Waals surface area (Å²) in [6, 6.07) is 4.82. The number of ether oxygens (including phenoxy) is 3. The molecule has 1 N–H and O–H groups in total. The van der Waals surface area contributed by atoms with Crippen LogP contribution < -0.4 is 9.47 Å². The molecule has 10 heteroatoms. The number of hydrogen-bond acceptors (Lipinski definition) is 6. The van der Waals surface area contributed by atoms with Gasteiger partial charge in [0.05, 0.1) is 12.8 Å². The quantitative estimate of drug-likeness (QED) is 0.582. The molecule has 26 heavy (non-hydrogen) atoms. The van der Waals surface area contributed by atoms with Crippen molar-refractivity contribution in [2.45, 2.75) is 32.5 Å². The summed E-state index contributed by atoms with van der Waals surface area (Å²) in [6.07, 6.45) is 2.92. The molecule has 0 unspecified atom stereocenters. The van der Waals surface area contributed by atoms with Crippen molar-refractivity contribution < 1.29 is 23.0 Å². The number of nitrogens with one attached hydrogen (secondary N) is 1. The minimum atomic E-state index is -2.98. The van der Waals surface area contributed by atoms with Crippen molar-refractivity contribution in [3.05, 3.63) is 34.4 Å². The van der Waals surface area contributed by atoms with Crippen LogP contribution >= 0.6 is 12.2 Å². The Morgan fingerprint density at radius 1 is 1.54 bits per heavy atom. The highest BCUT2D eigenvalue weighted by Gasteiger charge is 2.23. The molecule has 0 amide bonds. The lowest BCUT2D eigenvalue weighted by atomic mass is 10.2. The molecule has 0 aliphatic carbocycles. The van der Waals surface area contributed by atoms with Gasteiger partial charge in [-0.2, -0.15) is 23.7 Å². The van der Waals surface area contributed by atoms with Crippen molar-refractivity contribution in [2.75, 3.05) is 13.2 Å². The van der Waals surface area contributed by atoms with Gasteiger partial charge in [-0.15, -0.1) is 0 Å². The largest absolute Gasteiger partial charge is 0.490 e. The monoisotopic (exact) mass is 384 g/mol. The summed E-state index contributed by atoms with van der Waals surface area (Å²) in [4.78, 5) is 0. The zero-order valence-corrected chi connectivity index (χ0v) is 14.8. The SMILES string of the molecule is CCOc1cccc(/C=N\n2c([C@@H]3CCCO3)n[nH]c2=S)c1OC(F)F. The molecule has 0 bridgehead atoms. The molecule has 1 aliphatic heterocycles. The maximum atomic E-state index is 12.8.